The van der Waals surface area contributed by atoms with Crippen molar-refractivity contribution in [3.63, 3.8) is 0 Å². The van der Waals surface area contributed by atoms with E-state index in [4.69, 9.17) is 4.74 Å². The third-order valence-corrected chi connectivity index (χ3v) is 4.22. The van der Waals surface area contributed by atoms with Crippen LogP contribution in [-0.2, 0) is 11.3 Å². The van der Waals surface area contributed by atoms with Crippen molar-refractivity contribution in [2.24, 2.45) is 0 Å². The van der Waals surface area contributed by atoms with E-state index in [2.05, 4.69) is 46.8 Å². The number of nitrogens with one attached hydrogen (secondary N) is 2. The van der Waals surface area contributed by atoms with Gasteiger partial charge in [0, 0.05) is 25.5 Å². The molecule has 24 heavy (non-hydrogen) atoms. The van der Waals surface area contributed by atoms with E-state index in [1.807, 2.05) is 12.1 Å². The fraction of sp³-hybridized carbons (Fsp3) is 0.368. The fourth-order valence-corrected chi connectivity index (χ4v) is 2.92. The first-order valence-electron chi connectivity index (χ1n) is 8.34. The third-order valence-electron chi connectivity index (χ3n) is 4.22. The van der Waals surface area contributed by atoms with Crippen LogP contribution >= 0.6 is 0 Å². The van der Waals surface area contributed by atoms with E-state index in [9.17, 15) is 4.79 Å². The van der Waals surface area contributed by atoms with Crippen molar-refractivity contribution in [3.8, 4) is 0 Å². The van der Waals surface area contributed by atoms with Crippen molar-refractivity contribution in [2.75, 3.05) is 6.61 Å². The summed E-state index contributed by atoms with van der Waals surface area (Å²) in [5.74, 6) is 0. The highest BCUT2D eigenvalue weighted by Gasteiger charge is 2.28. The molecule has 0 saturated carbocycles. The maximum atomic E-state index is 12.2. The van der Waals surface area contributed by atoms with E-state index in [-0.39, 0.29) is 18.2 Å². The molecule has 1 aromatic heterocycles. The van der Waals surface area contributed by atoms with Gasteiger partial charge in [0.1, 0.15) is 6.10 Å². The number of ether oxygens (including phenoxy) is 1. The van der Waals surface area contributed by atoms with Crippen LogP contribution in [0.25, 0.3) is 0 Å². The lowest BCUT2D eigenvalue weighted by Crippen LogP contribution is -2.46. The van der Waals surface area contributed by atoms with Crippen LogP contribution in [0, 0.1) is 6.92 Å². The van der Waals surface area contributed by atoms with Crippen molar-refractivity contribution < 1.29 is 9.53 Å². The number of benzene rings is 1. The zero-order valence-electron chi connectivity index (χ0n) is 13.9. The van der Waals surface area contributed by atoms with Gasteiger partial charge in [-0.3, -0.25) is 4.98 Å². The summed E-state index contributed by atoms with van der Waals surface area (Å²) >= 11 is 0. The Bertz CT molecular complexity index is 658. The number of urea groups is 1. The zero-order chi connectivity index (χ0) is 16.8. The monoisotopic (exact) mass is 325 g/mol. The van der Waals surface area contributed by atoms with Gasteiger partial charge in [-0.1, -0.05) is 35.9 Å². The van der Waals surface area contributed by atoms with E-state index < -0.39 is 0 Å². The normalized spacial score (nSPS) is 20.4. The standard InChI is InChI=1S/C19H23N3O2/c1-14-6-8-16(9-7-14)18-17(5-3-11-24-18)22-19(23)21-13-15-4-2-10-20-12-15/h2,4,6-10,12,17-18H,3,5,11,13H2,1H3,(H2,21,22,23). The molecular weight excluding hydrogens is 302 g/mol. The highest BCUT2D eigenvalue weighted by Crippen LogP contribution is 2.28. The molecule has 2 aromatic rings. The highest BCUT2D eigenvalue weighted by atomic mass is 16.5. The minimum absolute atomic E-state index is 0.0182. The summed E-state index contributed by atoms with van der Waals surface area (Å²) in [5.41, 5.74) is 3.30. The number of hydrogen-bond acceptors (Lipinski definition) is 3. The van der Waals surface area contributed by atoms with Crippen LogP contribution in [-0.4, -0.2) is 23.7 Å². The molecular formula is C19H23N3O2. The molecule has 126 valence electrons. The molecule has 1 fully saturated rings. The minimum atomic E-state index is -0.175. The number of carbonyl (C=O) groups excluding carboxylic acids is 1. The Hall–Kier alpha value is -2.40. The van der Waals surface area contributed by atoms with E-state index in [1.165, 1.54) is 5.56 Å². The zero-order valence-corrected chi connectivity index (χ0v) is 13.9. The molecule has 0 aliphatic carbocycles. The molecule has 0 radical (unpaired) electrons. The van der Waals surface area contributed by atoms with Crippen molar-refractivity contribution in [2.45, 2.75) is 38.5 Å². The van der Waals surface area contributed by atoms with Gasteiger partial charge in [-0.2, -0.15) is 0 Å². The predicted molar refractivity (Wildman–Crippen MR) is 92.5 cm³/mol. The second-order valence-electron chi connectivity index (χ2n) is 6.14. The van der Waals surface area contributed by atoms with Crippen molar-refractivity contribution in [3.05, 3.63) is 65.5 Å². The van der Waals surface area contributed by atoms with Crippen LogP contribution in [0.15, 0.2) is 48.8 Å². The number of pyridine rings is 1. The summed E-state index contributed by atoms with van der Waals surface area (Å²) in [6.07, 6.45) is 5.24. The molecule has 3 rings (SSSR count). The number of rotatable bonds is 4. The summed E-state index contributed by atoms with van der Waals surface area (Å²) in [6, 6.07) is 11.9. The molecule has 5 nitrogen and oxygen atoms in total. The van der Waals surface area contributed by atoms with E-state index >= 15 is 0 Å². The number of aromatic nitrogens is 1. The molecule has 2 heterocycles. The molecule has 0 bridgehead atoms. The predicted octanol–water partition coefficient (Wildman–Crippen LogP) is 3.11. The first-order valence-corrected chi connectivity index (χ1v) is 8.34. The van der Waals surface area contributed by atoms with E-state index in [1.54, 1.807) is 12.4 Å². The minimum Gasteiger partial charge on any atom is -0.371 e. The Balaban J connectivity index is 1.59. The number of aryl methyl sites for hydroxylation is 1. The van der Waals surface area contributed by atoms with Gasteiger partial charge < -0.3 is 15.4 Å². The van der Waals surface area contributed by atoms with Crippen molar-refractivity contribution in [1.82, 2.24) is 15.6 Å². The first-order chi connectivity index (χ1) is 11.7. The summed E-state index contributed by atoms with van der Waals surface area (Å²) in [6.45, 7) is 3.25. The average molecular weight is 325 g/mol. The quantitative estimate of drug-likeness (QED) is 0.908. The van der Waals surface area contributed by atoms with Crippen LogP contribution < -0.4 is 10.6 Å². The van der Waals surface area contributed by atoms with Gasteiger partial charge in [-0.15, -0.1) is 0 Å². The molecule has 2 N–H and O–H groups in total. The van der Waals surface area contributed by atoms with E-state index in [0.717, 1.165) is 30.6 Å². The lowest BCUT2D eigenvalue weighted by atomic mass is 9.95. The number of nitrogens with zero attached hydrogens (tertiary/aromatic N) is 1. The van der Waals surface area contributed by atoms with Crippen molar-refractivity contribution in [1.29, 1.82) is 0 Å². The van der Waals surface area contributed by atoms with Gasteiger partial charge in [0.25, 0.3) is 0 Å². The maximum absolute atomic E-state index is 12.2. The van der Waals surface area contributed by atoms with Crippen LogP contribution in [0.5, 0.6) is 0 Å². The molecule has 2 atom stereocenters. The molecule has 1 saturated heterocycles. The molecule has 1 aliphatic rings. The molecule has 1 aromatic carbocycles. The summed E-state index contributed by atoms with van der Waals surface area (Å²) in [5, 5.41) is 5.94. The largest absolute Gasteiger partial charge is 0.371 e. The van der Waals surface area contributed by atoms with Crippen molar-refractivity contribution >= 4 is 6.03 Å². The summed E-state index contributed by atoms with van der Waals surface area (Å²) in [7, 11) is 0. The third kappa shape index (κ3) is 4.32. The number of hydrogen-bond donors (Lipinski definition) is 2. The van der Waals surface area contributed by atoms with Gasteiger partial charge >= 0.3 is 6.03 Å². The Kier molecular flexibility index (Phi) is 5.43. The average Bonchev–Trinajstić information content (AvgIpc) is 2.62. The van der Waals surface area contributed by atoms with Crippen LogP contribution in [0.2, 0.25) is 0 Å². The molecule has 2 amide bonds. The van der Waals surface area contributed by atoms with Crippen LogP contribution in [0.3, 0.4) is 0 Å². The van der Waals surface area contributed by atoms with E-state index in [0.29, 0.717) is 6.54 Å². The fourth-order valence-electron chi connectivity index (χ4n) is 2.92. The van der Waals surface area contributed by atoms with Gasteiger partial charge in [0.05, 0.1) is 6.04 Å². The number of amides is 2. The van der Waals surface area contributed by atoms with Gasteiger partial charge in [0.2, 0.25) is 0 Å². The SMILES string of the molecule is Cc1ccc(C2OCCCC2NC(=O)NCc2cccnc2)cc1. The highest BCUT2D eigenvalue weighted by molar-refractivity contribution is 5.74. The van der Waals surface area contributed by atoms with Gasteiger partial charge in [-0.25, -0.2) is 4.79 Å². The van der Waals surface area contributed by atoms with Gasteiger partial charge in [-0.05, 0) is 37.0 Å². The van der Waals surface area contributed by atoms with Gasteiger partial charge in [0.15, 0.2) is 0 Å². The maximum Gasteiger partial charge on any atom is 0.315 e. The molecule has 1 aliphatic heterocycles. The molecule has 0 spiro atoms. The topological polar surface area (TPSA) is 63.2 Å². The molecule has 5 heteroatoms. The van der Waals surface area contributed by atoms with Crippen LogP contribution in [0.4, 0.5) is 4.79 Å². The Morgan fingerprint density at radius 1 is 1.29 bits per heavy atom. The second kappa shape index (κ2) is 7.93. The first kappa shape index (κ1) is 16.5. The Morgan fingerprint density at radius 3 is 2.88 bits per heavy atom. The lowest BCUT2D eigenvalue weighted by molar-refractivity contribution is -0.00743. The number of carbonyl (C=O) groups is 1. The summed E-state index contributed by atoms with van der Waals surface area (Å²) in [4.78, 5) is 16.3. The smallest absolute Gasteiger partial charge is 0.315 e. The lowest BCUT2D eigenvalue weighted by Gasteiger charge is -2.32. The molecule has 2 unspecified atom stereocenters. The van der Waals surface area contributed by atoms with Crippen LogP contribution in [0.1, 0.15) is 35.6 Å². The second-order valence-corrected chi connectivity index (χ2v) is 6.14. The Labute approximate surface area is 142 Å². The Morgan fingerprint density at radius 2 is 2.12 bits per heavy atom. The summed E-state index contributed by atoms with van der Waals surface area (Å²) < 4.78 is 5.93.